The molecule has 1 saturated carbocycles. The Morgan fingerprint density at radius 1 is 1.16 bits per heavy atom. The van der Waals surface area contributed by atoms with Crippen LogP contribution in [0.4, 0.5) is 5.95 Å². The molecule has 1 aliphatic rings. The monoisotopic (exact) mass is 334 g/mol. The summed E-state index contributed by atoms with van der Waals surface area (Å²) in [6, 6.07) is 2.70. The van der Waals surface area contributed by atoms with Crippen LogP contribution in [-0.4, -0.2) is 41.1 Å². The van der Waals surface area contributed by atoms with Crippen molar-refractivity contribution in [3.63, 3.8) is 0 Å². The fourth-order valence-corrected chi connectivity index (χ4v) is 3.30. The van der Waals surface area contributed by atoms with Gasteiger partial charge >= 0.3 is 0 Å². The number of imidazole rings is 1. The standard InChI is InChI=1S/C17H18N8/c1-10-6-20-17-21-7-11(9-24(10)17)14-2-3-25-15(14)8-19-16(23-25)22-13-4-12(18)5-13/h2-3,6-9,12-13H,4-5,18H2,1H3,(H,22,23)/t12-,13-. The highest BCUT2D eigenvalue weighted by Gasteiger charge is 2.26. The van der Waals surface area contributed by atoms with Gasteiger partial charge in [-0.2, -0.15) is 0 Å². The lowest BCUT2D eigenvalue weighted by atomic mass is 9.88. The third kappa shape index (κ3) is 2.33. The van der Waals surface area contributed by atoms with Crippen LogP contribution in [0.15, 0.2) is 37.1 Å². The largest absolute Gasteiger partial charge is 0.350 e. The van der Waals surface area contributed by atoms with Crippen LogP contribution >= 0.6 is 0 Å². The van der Waals surface area contributed by atoms with Gasteiger partial charge in [0.25, 0.3) is 0 Å². The summed E-state index contributed by atoms with van der Waals surface area (Å²) < 4.78 is 3.82. The zero-order chi connectivity index (χ0) is 17.0. The zero-order valence-corrected chi connectivity index (χ0v) is 13.8. The Labute approximate surface area is 143 Å². The van der Waals surface area contributed by atoms with Gasteiger partial charge in [-0.25, -0.2) is 19.5 Å². The zero-order valence-electron chi connectivity index (χ0n) is 13.8. The molecule has 1 aliphatic carbocycles. The van der Waals surface area contributed by atoms with Crippen LogP contribution in [0, 0.1) is 6.92 Å². The topological polar surface area (TPSA) is 98.4 Å². The van der Waals surface area contributed by atoms with Gasteiger partial charge in [0.05, 0.1) is 17.9 Å². The van der Waals surface area contributed by atoms with Crippen molar-refractivity contribution in [3.05, 3.63) is 42.7 Å². The molecule has 0 spiro atoms. The fourth-order valence-electron chi connectivity index (χ4n) is 3.30. The quantitative estimate of drug-likeness (QED) is 0.591. The van der Waals surface area contributed by atoms with E-state index in [1.807, 2.05) is 52.9 Å². The lowest BCUT2D eigenvalue weighted by molar-refractivity contribution is 0.371. The first-order valence-corrected chi connectivity index (χ1v) is 8.34. The predicted octanol–water partition coefficient (Wildman–Crippen LogP) is 1.65. The van der Waals surface area contributed by atoms with Gasteiger partial charge in [0.2, 0.25) is 11.7 Å². The molecule has 0 unspecified atom stereocenters. The van der Waals surface area contributed by atoms with Crippen LogP contribution in [0.1, 0.15) is 18.5 Å². The van der Waals surface area contributed by atoms with Crippen molar-refractivity contribution >= 4 is 17.2 Å². The molecule has 8 heteroatoms. The molecule has 1 fully saturated rings. The van der Waals surface area contributed by atoms with E-state index in [1.54, 1.807) is 0 Å². The van der Waals surface area contributed by atoms with E-state index in [4.69, 9.17) is 5.73 Å². The Bertz CT molecular complexity index is 1070. The summed E-state index contributed by atoms with van der Waals surface area (Å²) in [7, 11) is 0. The molecule has 8 nitrogen and oxygen atoms in total. The normalized spacial score (nSPS) is 20.1. The van der Waals surface area contributed by atoms with Crippen molar-refractivity contribution in [2.45, 2.75) is 31.8 Å². The first-order chi connectivity index (χ1) is 12.2. The van der Waals surface area contributed by atoms with Gasteiger partial charge in [-0.05, 0) is 25.8 Å². The van der Waals surface area contributed by atoms with E-state index < -0.39 is 0 Å². The first kappa shape index (κ1) is 14.4. The maximum absolute atomic E-state index is 5.82. The van der Waals surface area contributed by atoms with E-state index in [1.165, 1.54) is 0 Å². The molecule has 4 aromatic heterocycles. The number of aryl methyl sites for hydroxylation is 1. The molecule has 25 heavy (non-hydrogen) atoms. The number of nitrogens with one attached hydrogen (secondary N) is 1. The van der Waals surface area contributed by atoms with E-state index >= 15 is 0 Å². The number of fused-ring (bicyclic) bond motifs is 2. The van der Waals surface area contributed by atoms with Gasteiger partial charge in [0, 0.05) is 47.5 Å². The van der Waals surface area contributed by atoms with E-state index in [0.717, 1.165) is 35.2 Å². The highest BCUT2D eigenvalue weighted by Crippen LogP contribution is 2.26. The summed E-state index contributed by atoms with van der Waals surface area (Å²) in [5.41, 5.74) is 9.86. The minimum Gasteiger partial charge on any atom is -0.350 e. The minimum absolute atomic E-state index is 0.300. The van der Waals surface area contributed by atoms with Gasteiger partial charge in [-0.15, -0.1) is 5.10 Å². The molecule has 0 radical (unpaired) electrons. The smallest absolute Gasteiger partial charge is 0.241 e. The minimum atomic E-state index is 0.300. The van der Waals surface area contributed by atoms with Crippen molar-refractivity contribution in [1.82, 2.24) is 29.0 Å². The van der Waals surface area contributed by atoms with Crippen LogP contribution in [0.3, 0.4) is 0 Å². The highest BCUT2D eigenvalue weighted by molar-refractivity contribution is 5.79. The molecular formula is C17H18N8. The Hall–Kier alpha value is -3.00. The van der Waals surface area contributed by atoms with E-state index in [9.17, 15) is 0 Å². The average Bonchev–Trinajstić information content (AvgIpc) is 3.17. The van der Waals surface area contributed by atoms with Crippen LogP contribution in [0.2, 0.25) is 0 Å². The molecule has 3 N–H and O–H groups in total. The molecule has 5 rings (SSSR count). The van der Waals surface area contributed by atoms with Gasteiger partial charge in [-0.1, -0.05) is 0 Å². The van der Waals surface area contributed by atoms with Crippen molar-refractivity contribution in [2.75, 3.05) is 5.32 Å². The molecule has 0 bridgehead atoms. The predicted molar refractivity (Wildman–Crippen MR) is 94.3 cm³/mol. The lowest BCUT2D eigenvalue weighted by Gasteiger charge is -2.32. The lowest BCUT2D eigenvalue weighted by Crippen LogP contribution is -2.44. The fraction of sp³-hybridized carbons (Fsp3) is 0.294. The highest BCUT2D eigenvalue weighted by atomic mass is 15.3. The summed E-state index contributed by atoms with van der Waals surface area (Å²) in [6.07, 6.45) is 11.4. The molecule has 0 aliphatic heterocycles. The second-order valence-corrected chi connectivity index (χ2v) is 6.63. The second kappa shape index (κ2) is 5.25. The maximum atomic E-state index is 5.82. The van der Waals surface area contributed by atoms with Gasteiger partial charge in [0.15, 0.2) is 0 Å². The molecule has 0 atom stereocenters. The number of nitrogens with zero attached hydrogens (tertiary/aromatic N) is 6. The number of hydrogen-bond donors (Lipinski definition) is 2. The Morgan fingerprint density at radius 3 is 2.84 bits per heavy atom. The third-order valence-electron chi connectivity index (χ3n) is 4.79. The van der Waals surface area contributed by atoms with E-state index in [0.29, 0.717) is 23.8 Å². The summed E-state index contributed by atoms with van der Waals surface area (Å²) in [6.45, 7) is 2.01. The molecule has 4 aromatic rings. The van der Waals surface area contributed by atoms with Gasteiger partial charge in [0.1, 0.15) is 0 Å². The van der Waals surface area contributed by atoms with Gasteiger partial charge < -0.3 is 11.1 Å². The average molecular weight is 334 g/mol. The van der Waals surface area contributed by atoms with E-state index in [-0.39, 0.29) is 0 Å². The van der Waals surface area contributed by atoms with Crippen LogP contribution < -0.4 is 11.1 Å². The molecule has 0 saturated heterocycles. The van der Waals surface area contributed by atoms with Crippen LogP contribution in [-0.2, 0) is 0 Å². The summed E-state index contributed by atoms with van der Waals surface area (Å²) >= 11 is 0. The van der Waals surface area contributed by atoms with Gasteiger partial charge in [-0.3, -0.25) is 4.40 Å². The summed E-state index contributed by atoms with van der Waals surface area (Å²) in [5.74, 6) is 1.33. The number of hydrogen-bond acceptors (Lipinski definition) is 6. The summed E-state index contributed by atoms with van der Waals surface area (Å²) in [4.78, 5) is 13.1. The first-order valence-electron chi connectivity index (χ1n) is 8.34. The van der Waals surface area contributed by atoms with E-state index in [2.05, 4.69) is 25.4 Å². The van der Waals surface area contributed by atoms with Crippen LogP contribution in [0.5, 0.6) is 0 Å². The van der Waals surface area contributed by atoms with Crippen molar-refractivity contribution < 1.29 is 0 Å². The Kier molecular flexibility index (Phi) is 3.01. The number of anilines is 1. The van der Waals surface area contributed by atoms with Crippen molar-refractivity contribution in [2.24, 2.45) is 5.73 Å². The Morgan fingerprint density at radius 2 is 2.00 bits per heavy atom. The molecule has 4 heterocycles. The second-order valence-electron chi connectivity index (χ2n) is 6.63. The number of rotatable bonds is 3. The molecule has 126 valence electrons. The van der Waals surface area contributed by atoms with Crippen molar-refractivity contribution in [1.29, 1.82) is 0 Å². The molecule has 0 aromatic carbocycles. The molecule has 0 amide bonds. The maximum Gasteiger partial charge on any atom is 0.241 e. The Balaban J connectivity index is 1.51. The van der Waals surface area contributed by atoms with Crippen molar-refractivity contribution in [3.8, 4) is 11.1 Å². The van der Waals surface area contributed by atoms with Crippen LogP contribution in [0.25, 0.3) is 22.4 Å². The molecular weight excluding hydrogens is 316 g/mol. The number of aromatic nitrogens is 6. The third-order valence-corrected chi connectivity index (χ3v) is 4.79. The SMILES string of the molecule is Cc1cnc2ncc(-c3ccn4nc(N[C@H]5C[C@H](N)C5)ncc34)cn12. The summed E-state index contributed by atoms with van der Waals surface area (Å²) in [5, 5.41) is 7.88. The number of nitrogens with two attached hydrogens (primary N) is 1.